The SMILES string of the molecule is IC1=CCCCCCC1. The van der Waals surface area contributed by atoms with Crippen molar-refractivity contribution in [2.75, 3.05) is 0 Å². The van der Waals surface area contributed by atoms with Gasteiger partial charge in [0.15, 0.2) is 0 Å². The van der Waals surface area contributed by atoms with Crippen LogP contribution in [0.3, 0.4) is 0 Å². The summed E-state index contributed by atoms with van der Waals surface area (Å²) in [5.74, 6) is 0. The number of rotatable bonds is 0. The lowest BCUT2D eigenvalue weighted by atomic mass is 10.1. The highest BCUT2D eigenvalue weighted by molar-refractivity contribution is 14.1. The first kappa shape index (κ1) is 7.58. The van der Waals surface area contributed by atoms with E-state index < -0.39 is 0 Å². The van der Waals surface area contributed by atoms with E-state index >= 15 is 0 Å². The third-order valence-electron chi connectivity index (χ3n) is 1.74. The minimum absolute atomic E-state index is 1.32. The topological polar surface area (TPSA) is 0 Å². The zero-order valence-corrected chi connectivity index (χ0v) is 7.86. The third kappa shape index (κ3) is 3.23. The van der Waals surface area contributed by atoms with E-state index in [4.69, 9.17) is 0 Å². The molecule has 0 aromatic heterocycles. The molecule has 1 heteroatoms. The summed E-state index contributed by atoms with van der Waals surface area (Å²) in [4.78, 5) is 0. The summed E-state index contributed by atoms with van der Waals surface area (Å²) in [5, 5.41) is 0. The van der Waals surface area contributed by atoms with Crippen LogP contribution in [0, 0.1) is 0 Å². The minimum atomic E-state index is 1.32. The Labute approximate surface area is 70.9 Å². The van der Waals surface area contributed by atoms with Crippen LogP contribution in [0.4, 0.5) is 0 Å². The maximum atomic E-state index is 2.46. The van der Waals surface area contributed by atoms with Crippen molar-refractivity contribution in [1.29, 1.82) is 0 Å². The van der Waals surface area contributed by atoms with Crippen LogP contribution < -0.4 is 0 Å². The van der Waals surface area contributed by atoms with Gasteiger partial charge in [0.05, 0.1) is 0 Å². The second-order valence-corrected chi connectivity index (χ2v) is 3.99. The molecule has 0 N–H and O–H groups in total. The third-order valence-corrected chi connectivity index (χ3v) is 2.72. The van der Waals surface area contributed by atoms with Crippen molar-refractivity contribution in [2.45, 2.75) is 38.5 Å². The zero-order valence-electron chi connectivity index (χ0n) is 5.70. The molecule has 0 fully saturated rings. The van der Waals surface area contributed by atoms with Crippen molar-refractivity contribution >= 4 is 22.6 Å². The van der Waals surface area contributed by atoms with E-state index in [-0.39, 0.29) is 0 Å². The molecule has 0 radical (unpaired) electrons. The molecule has 1 aliphatic carbocycles. The average Bonchev–Trinajstić information content (AvgIpc) is 1.79. The molecule has 0 spiro atoms. The van der Waals surface area contributed by atoms with Gasteiger partial charge in [0.1, 0.15) is 0 Å². The Balaban J connectivity index is 2.32. The summed E-state index contributed by atoms with van der Waals surface area (Å²) >= 11 is 2.46. The Morgan fingerprint density at radius 1 is 1.11 bits per heavy atom. The zero-order chi connectivity index (χ0) is 6.53. The van der Waals surface area contributed by atoms with Crippen molar-refractivity contribution in [3.8, 4) is 0 Å². The van der Waals surface area contributed by atoms with Crippen molar-refractivity contribution in [3.63, 3.8) is 0 Å². The molecule has 0 unspecified atom stereocenters. The monoisotopic (exact) mass is 236 g/mol. The molecule has 0 heterocycles. The van der Waals surface area contributed by atoms with E-state index in [9.17, 15) is 0 Å². The van der Waals surface area contributed by atoms with Gasteiger partial charge in [0.2, 0.25) is 0 Å². The van der Waals surface area contributed by atoms with Crippen LogP contribution in [0.5, 0.6) is 0 Å². The van der Waals surface area contributed by atoms with E-state index in [1.54, 1.807) is 3.58 Å². The maximum Gasteiger partial charge on any atom is -0.0134 e. The maximum absolute atomic E-state index is 2.46. The predicted molar refractivity (Wildman–Crippen MR) is 49.8 cm³/mol. The average molecular weight is 236 g/mol. The molecule has 1 aliphatic rings. The summed E-state index contributed by atoms with van der Waals surface area (Å²) in [6, 6.07) is 0. The fourth-order valence-electron chi connectivity index (χ4n) is 1.15. The van der Waals surface area contributed by atoms with E-state index in [0.29, 0.717) is 0 Å². The first-order chi connectivity index (χ1) is 4.39. The van der Waals surface area contributed by atoms with Gasteiger partial charge in [-0.15, -0.1) is 0 Å². The van der Waals surface area contributed by atoms with E-state index in [2.05, 4.69) is 28.7 Å². The molecule has 0 aliphatic heterocycles. The van der Waals surface area contributed by atoms with Crippen LogP contribution in [-0.2, 0) is 0 Å². The molecule has 0 aromatic rings. The quantitative estimate of drug-likeness (QED) is 0.563. The van der Waals surface area contributed by atoms with Gasteiger partial charge >= 0.3 is 0 Å². The van der Waals surface area contributed by atoms with E-state index in [0.717, 1.165) is 0 Å². The second-order valence-electron chi connectivity index (χ2n) is 2.60. The molecule has 0 aromatic carbocycles. The Bertz CT molecular complexity index is 105. The molecule has 1 rings (SSSR count). The van der Waals surface area contributed by atoms with Gasteiger partial charge in [-0.25, -0.2) is 0 Å². The smallest absolute Gasteiger partial charge is 0.0134 e. The first-order valence-electron chi connectivity index (χ1n) is 3.74. The van der Waals surface area contributed by atoms with Gasteiger partial charge in [-0.3, -0.25) is 0 Å². The largest absolute Gasteiger partial charge is 0.0752 e. The summed E-state index contributed by atoms with van der Waals surface area (Å²) in [7, 11) is 0. The summed E-state index contributed by atoms with van der Waals surface area (Å²) in [5.41, 5.74) is 0. The summed E-state index contributed by atoms with van der Waals surface area (Å²) in [6.07, 6.45) is 10.8. The van der Waals surface area contributed by atoms with Crippen molar-refractivity contribution in [2.24, 2.45) is 0 Å². The highest BCUT2D eigenvalue weighted by Crippen LogP contribution is 2.20. The lowest BCUT2D eigenvalue weighted by Crippen LogP contribution is -1.83. The van der Waals surface area contributed by atoms with E-state index in [1.807, 2.05) is 0 Å². The molecule has 0 amide bonds. The molecule has 0 saturated carbocycles. The Morgan fingerprint density at radius 2 is 1.89 bits per heavy atom. The molecular weight excluding hydrogens is 223 g/mol. The lowest BCUT2D eigenvalue weighted by molar-refractivity contribution is 0.636. The van der Waals surface area contributed by atoms with Crippen LogP contribution >= 0.6 is 22.6 Å². The molecule has 0 atom stereocenters. The predicted octanol–water partition coefficient (Wildman–Crippen LogP) is 3.66. The molecular formula is C8H13I. The molecule has 0 bridgehead atoms. The van der Waals surface area contributed by atoms with Gasteiger partial charge in [0, 0.05) is 0 Å². The summed E-state index contributed by atoms with van der Waals surface area (Å²) in [6.45, 7) is 0. The van der Waals surface area contributed by atoms with Gasteiger partial charge in [-0.2, -0.15) is 0 Å². The Hall–Kier alpha value is 0.470. The van der Waals surface area contributed by atoms with Crippen molar-refractivity contribution in [1.82, 2.24) is 0 Å². The van der Waals surface area contributed by atoms with Crippen molar-refractivity contribution in [3.05, 3.63) is 9.66 Å². The second kappa shape index (κ2) is 4.31. The lowest BCUT2D eigenvalue weighted by Gasteiger charge is -2.04. The summed E-state index contributed by atoms with van der Waals surface area (Å²) < 4.78 is 1.58. The van der Waals surface area contributed by atoms with Crippen LogP contribution in [0.25, 0.3) is 0 Å². The standard InChI is InChI=1S/C8H13I/c9-8-6-4-2-1-3-5-7-8/h6H,1-5,7H2. The van der Waals surface area contributed by atoms with E-state index in [1.165, 1.54) is 38.5 Å². The van der Waals surface area contributed by atoms with Crippen LogP contribution in [0.15, 0.2) is 9.66 Å². The number of allylic oxidation sites excluding steroid dienone is 2. The molecule has 52 valence electrons. The van der Waals surface area contributed by atoms with Crippen LogP contribution in [0.2, 0.25) is 0 Å². The number of hydrogen-bond acceptors (Lipinski definition) is 0. The van der Waals surface area contributed by atoms with Gasteiger partial charge in [-0.05, 0) is 51.9 Å². The van der Waals surface area contributed by atoms with Crippen LogP contribution in [-0.4, -0.2) is 0 Å². The molecule has 0 saturated heterocycles. The van der Waals surface area contributed by atoms with Crippen LogP contribution in [0.1, 0.15) is 38.5 Å². The number of halogens is 1. The molecule has 9 heavy (non-hydrogen) atoms. The fourth-order valence-corrected chi connectivity index (χ4v) is 1.85. The highest BCUT2D eigenvalue weighted by atomic mass is 127. The Kier molecular flexibility index (Phi) is 3.63. The van der Waals surface area contributed by atoms with Gasteiger partial charge < -0.3 is 0 Å². The highest BCUT2D eigenvalue weighted by Gasteiger charge is 1.96. The van der Waals surface area contributed by atoms with Gasteiger partial charge in [0.25, 0.3) is 0 Å². The molecule has 0 nitrogen and oxygen atoms in total. The Morgan fingerprint density at radius 3 is 2.78 bits per heavy atom. The minimum Gasteiger partial charge on any atom is -0.0752 e. The first-order valence-corrected chi connectivity index (χ1v) is 4.82. The normalized spacial score (nSPS) is 22.1. The fraction of sp³-hybridized carbons (Fsp3) is 0.750. The van der Waals surface area contributed by atoms with Gasteiger partial charge in [-0.1, -0.05) is 18.9 Å². The van der Waals surface area contributed by atoms with Crippen molar-refractivity contribution < 1.29 is 0 Å². The number of hydrogen-bond donors (Lipinski definition) is 0.